The first kappa shape index (κ1) is 13.5. The van der Waals surface area contributed by atoms with Gasteiger partial charge in [-0.1, -0.05) is 11.3 Å². The van der Waals surface area contributed by atoms with Crippen LogP contribution in [0.25, 0.3) is 0 Å². The van der Waals surface area contributed by atoms with Crippen molar-refractivity contribution in [3.05, 3.63) is 27.9 Å². The molecule has 1 aliphatic rings. The Labute approximate surface area is 124 Å². The van der Waals surface area contributed by atoms with Gasteiger partial charge >= 0.3 is 5.97 Å². The van der Waals surface area contributed by atoms with E-state index in [-0.39, 0.29) is 5.56 Å². The number of aromatic nitrogens is 3. The van der Waals surface area contributed by atoms with Crippen LogP contribution < -0.4 is 0 Å². The first-order chi connectivity index (χ1) is 9.63. The standard InChI is InChI=1S/C13H13N3O2S2/c1-7-15-16-13(19-7)20-11-9(12(17)18)6-8-4-2-3-5-10(8)14-11/h6H,2-5H2,1H3,(H,17,18). The predicted molar refractivity (Wildman–Crippen MR) is 76.6 cm³/mol. The molecular formula is C13H13N3O2S2. The summed E-state index contributed by atoms with van der Waals surface area (Å²) in [5.74, 6) is -0.936. The summed E-state index contributed by atoms with van der Waals surface area (Å²) in [6, 6.07) is 1.78. The molecule has 0 spiro atoms. The molecule has 1 N–H and O–H groups in total. The summed E-state index contributed by atoms with van der Waals surface area (Å²) in [5.41, 5.74) is 2.37. The van der Waals surface area contributed by atoms with Crippen LogP contribution in [0.3, 0.4) is 0 Å². The lowest BCUT2D eigenvalue weighted by atomic mass is 9.95. The summed E-state index contributed by atoms with van der Waals surface area (Å²) in [6.07, 6.45) is 4.08. The normalized spacial score (nSPS) is 14.1. The van der Waals surface area contributed by atoms with Gasteiger partial charge in [-0.15, -0.1) is 10.2 Å². The van der Waals surface area contributed by atoms with E-state index in [0.717, 1.165) is 46.3 Å². The molecule has 5 nitrogen and oxygen atoms in total. The summed E-state index contributed by atoms with van der Waals surface area (Å²) >= 11 is 2.74. The average molecular weight is 307 g/mol. The van der Waals surface area contributed by atoms with Gasteiger partial charge in [0.05, 0.1) is 5.56 Å². The fourth-order valence-electron chi connectivity index (χ4n) is 2.25. The highest BCUT2D eigenvalue weighted by Crippen LogP contribution is 2.33. The van der Waals surface area contributed by atoms with Crippen molar-refractivity contribution < 1.29 is 9.90 Å². The number of carbonyl (C=O) groups is 1. The molecule has 2 heterocycles. The maximum atomic E-state index is 11.4. The topological polar surface area (TPSA) is 76.0 Å². The highest BCUT2D eigenvalue weighted by atomic mass is 32.2. The molecular weight excluding hydrogens is 294 g/mol. The third-order valence-corrected chi connectivity index (χ3v) is 5.08. The summed E-state index contributed by atoms with van der Waals surface area (Å²) < 4.78 is 0.730. The number of aromatic carboxylic acids is 1. The fraction of sp³-hybridized carbons (Fsp3) is 0.385. The highest BCUT2D eigenvalue weighted by molar-refractivity contribution is 8.01. The van der Waals surface area contributed by atoms with Crippen molar-refractivity contribution in [2.45, 2.75) is 42.0 Å². The van der Waals surface area contributed by atoms with E-state index in [0.29, 0.717) is 5.03 Å². The molecule has 0 saturated heterocycles. The minimum atomic E-state index is -0.936. The molecule has 0 aromatic carbocycles. The Kier molecular flexibility index (Phi) is 3.71. The van der Waals surface area contributed by atoms with Gasteiger partial charge in [0.25, 0.3) is 0 Å². The number of carboxylic acids is 1. The molecule has 3 rings (SSSR count). The van der Waals surface area contributed by atoms with Gasteiger partial charge in [-0.05, 0) is 56.0 Å². The smallest absolute Gasteiger partial charge is 0.338 e. The van der Waals surface area contributed by atoms with Crippen molar-refractivity contribution in [1.82, 2.24) is 15.2 Å². The van der Waals surface area contributed by atoms with E-state index in [1.54, 1.807) is 6.07 Å². The third kappa shape index (κ3) is 2.69. The van der Waals surface area contributed by atoms with Crippen LogP contribution in [0.2, 0.25) is 0 Å². The number of hydrogen-bond donors (Lipinski definition) is 1. The van der Waals surface area contributed by atoms with Crippen LogP contribution in [0.4, 0.5) is 0 Å². The van der Waals surface area contributed by atoms with Crippen LogP contribution in [0.1, 0.15) is 39.5 Å². The van der Waals surface area contributed by atoms with Gasteiger partial charge in [-0.3, -0.25) is 0 Å². The van der Waals surface area contributed by atoms with Crippen molar-refractivity contribution >= 4 is 29.1 Å². The summed E-state index contributed by atoms with van der Waals surface area (Å²) in [7, 11) is 0. The molecule has 0 radical (unpaired) electrons. The Morgan fingerprint density at radius 1 is 1.35 bits per heavy atom. The molecule has 104 valence electrons. The molecule has 0 atom stereocenters. The van der Waals surface area contributed by atoms with Crippen LogP contribution in [-0.4, -0.2) is 26.3 Å². The number of pyridine rings is 1. The Morgan fingerprint density at radius 2 is 2.15 bits per heavy atom. The fourth-order valence-corrected chi connectivity index (χ4v) is 4.09. The van der Waals surface area contributed by atoms with E-state index in [4.69, 9.17) is 0 Å². The average Bonchev–Trinajstić information content (AvgIpc) is 2.83. The number of aryl methyl sites for hydroxylation is 3. The lowest BCUT2D eigenvalue weighted by Crippen LogP contribution is -2.10. The van der Waals surface area contributed by atoms with Crippen LogP contribution in [-0.2, 0) is 12.8 Å². The zero-order valence-corrected chi connectivity index (χ0v) is 12.6. The zero-order valence-electron chi connectivity index (χ0n) is 10.9. The molecule has 0 fully saturated rings. The maximum Gasteiger partial charge on any atom is 0.338 e. The molecule has 0 bridgehead atoms. The number of rotatable bonds is 3. The van der Waals surface area contributed by atoms with Gasteiger partial charge < -0.3 is 5.11 Å². The molecule has 0 saturated carbocycles. The summed E-state index contributed by atoms with van der Waals surface area (Å²) in [6.45, 7) is 1.88. The largest absolute Gasteiger partial charge is 0.478 e. The maximum absolute atomic E-state index is 11.4. The Bertz CT molecular complexity index is 670. The van der Waals surface area contributed by atoms with Crippen LogP contribution >= 0.6 is 23.1 Å². The molecule has 20 heavy (non-hydrogen) atoms. The van der Waals surface area contributed by atoms with Crippen molar-refractivity contribution in [3.8, 4) is 0 Å². The first-order valence-electron chi connectivity index (χ1n) is 6.37. The lowest BCUT2D eigenvalue weighted by molar-refractivity contribution is 0.0692. The van der Waals surface area contributed by atoms with Gasteiger partial charge in [-0.2, -0.15) is 0 Å². The highest BCUT2D eigenvalue weighted by Gasteiger charge is 2.20. The number of fused-ring (bicyclic) bond motifs is 1. The molecule has 2 aromatic rings. The third-order valence-electron chi connectivity index (χ3n) is 3.19. The van der Waals surface area contributed by atoms with Crippen LogP contribution in [0.5, 0.6) is 0 Å². The van der Waals surface area contributed by atoms with E-state index in [2.05, 4.69) is 15.2 Å². The SMILES string of the molecule is Cc1nnc(Sc2nc3c(cc2C(=O)O)CCCC3)s1. The minimum Gasteiger partial charge on any atom is -0.478 e. The second kappa shape index (κ2) is 5.49. The van der Waals surface area contributed by atoms with E-state index in [1.165, 1.54) is 23.1 Å². The summed E-state index contributed by atoms with van der Waals surface area (Å²) in [4.78, 5) is 16.0. The monoisotopic (exact) mass is 307 g/mol. The number of carboxylic acid groups (broad SMARTS) is 1. The quantitative estimate of drug-likeness (QED) is 0.939. The minimum absolute atomic E-state index is 0.267. The Balaban J connectivity index is 2.01. The van der Waals surface area contributed by atoms with Crippen molar-refractivity contribution in [3.63, 3.8) is 0 Å². The molecule has 0 aliphatic heterocycles. The van der Waals surface area contributed by atoms with Crippen molar-refractivity contribution in [1.29, 1.82) is 0 Å². The van der Waals surface area contributed by atoms with Crippen molar-refractivity contribution in [2.24, 2.45) is 0 Å². The second-order valence-electron chi connectivity index (χ2n) is 4.65. The molecule has 0 amide bonds. The lowest BCUT2D eigenvalue weighted by Gasteiger charge is -2.16. The van der Waals surface area contributed by atoms with Gasteiger partial charge in [-0.25, -0.2) is 9.78 Å². The van der Waals surface area contributed by atoms with Gasteiger partial charge in [0.1, 0.15) is 10.0 Å². The van der Waals surface area contributed by atoms with E-state index in [1.807, 2.05) is 6.92 Å². The second-order valence-corrected chi connectivity index (χ2v) is 7.07. The molecule has 7 heteroatoms. The van der Waals surface area contributed by atoms with Gasteiger partial charge in [0.2, 0.25) is 0 Å². The predicted octanol–water partition coefficient (Wildman–Crippen LogP) is 2.97. The first-order valence-corrected chi connectivity index (χ1v) is 8.01. The van der Waals surface area contributed by atoms with Gasteiger partial charge in [0, 0.05) is 5.69 Å². The van der Waals surface area contributed by atoms with Crippen molar-refractivity contribution in [2.75, 3.05) is 0 Å². The molecule has 0 unspecified atom stereocenters. The van der Waals surface area contributed by atoms with E-state index in [9.17, 15) is 9.90 Å². The Morgan fingerprint density at radius 3 is 2.85 bits per heavy atom. The molecule has 1 aliphatic carbocycles. The number of hydrogen-bond acceptors (Lipinski definition) is 6. The zero-order chi connectivity index (χ0) is 14.1. The van der Waals surface area contributed by atoms with Crippen LogP contribution in [0.15, 0.2) is 15.4 Å². The van der Waals surface area contributed by atoms with Gasteiger partial charge in [0.15, 0.2) is 4.34 Å². The van der Waals surface area contributed by atoms with E-state index < -0.39 is 5.97 Å². The van der Waals surface area contributed by atoms with Crippen LogP contribution in [0, 0.1) is 6.92 Å². The molecule has 2 aromatic heterocycles. The van der Waals surface area contributed by atoms with E-state index >= 15 is 0 Å². The Hall–Kier alpha value is -1.47. The summed E-state index contributed by atoms with van der Waals surface area (Å²) in [5, 5.41) is 18.7. The number of nitrogens with zero attached hydrogens (tertiary/aromatic N) is 3.